The second kappa shape index (κ2) is 53.6. The monoisotopic (exact) mass is 921 g/mol. The van der Waals surface area contributed by atoms with Crippen molar-refractivity contribution in [3.05, 3.63) is 158 Å². The zero-order valence-corrected chi connectivity index (χ0v) is 42.3. The SMILES string of the molecule is CC/C=C\C/C=C\C/C=C\C/C=C\C/C=C\C/C=C\C/C=C\CCCCCC(=O)OCC(COC(=O)CCCCCCC)OC(=O)CC/C=C\C/C=C\C/C=C\C/C=C\C/C=C\C/C=C\CC. The molecule has 0 aliphatic heterocycles. The normalized spacial score (nSPS) is 13.4. The van der Waals surface area contributed by atoms with Gasteiger partial charge in [-0.3, -0.25) is 14.4 Å². The molecule has 6 heteroatoms. The molecule has 0 fully saturated rings. The first-order valence-corrected chi connectivity index (χ1v) is 26.0. The van der Waals surface area contributed by atoms with Crippen molar-refractivity contribution in [3.63, 3.8) is 0 Å². The number of allylic oxidation sites excluding steroid dienone is 26. The van der Waals surface area contributed by atoms with E-state index in [4.69, 9.17) is 14.2 Å². The molecule has 0 amide bonds. The third-order valence-electron chi connectivity index (χ3n) is 10.0. The first-order valence-electron chi connectivity index (χ1n) is 26.0. The smallest absolute Gasteiger partial charge is 0.306 e. The van der Waals surface area contributed by atoms with Crippen molar-refractivity contribution >= 4 is 17.9 Å². The summed E-state index contributed by atoms with van der Waals surface area (Å²) in [5.74, 6) is -1.08. The van der Waals surface area contributed by atoms with E-state index in [1.165, 1.54) is 0 Å². The molecule has 0 aliphatic carbocycles. The minimum absolute atomic E-state index is 0.127. The summed E-state index contributed by atoms with van der Waals surface area (Å²) in [4.78, 5) is 37.6. The molecule has 372 valence electrons. The van der Waals surface area contributed by atoms with Crippen LogP contribution in [0.15, 0.2) is 158 Å². The third kappa shape index (κ3) is 51.9. The average Bonchev–Trinajstić information content (AvgIpc) is 3.33. The van der Waals surface area contributed by atoms with Crippen LogP contribution in [0.2, 0.25) is 0 Å². The fourth-order valence-electron chi connectivity index (χ4n) is 6.21. The molecule has 0 heterocycles. The molecule has 0 aromatic rings. The summed E-state index contributed by atoms with van der Waals surface area (Å²) in [6.45, 7) is 6.20. The number of unbranched alkanes of at least 4 members (excludes halogenated alkanes) is 7. The Bertz CT molecular complexity index is 1570. The van der Waals surface area contributed by atoms with Crippen molar-refractivity contribution in [2.75, 3.05) is 13.2 Å². The minimum Gasteiger partial charge on any atom is -0.462 e. The molecule has 0 N–H and O–H groups in total. The third-order valence-corrected chi connectivity index (χ3v) is 10.0. The highest BCUT2D eigenvalue weighted by Gasteiger charge is 2.19. The highest BCUT2D eigenvalue weighted by Crippen LogP contribution is 2.10. The van der Waals surface area contributed by atoms with Crippen molar-refractivity contribution in [3.8, 4) is 0 Å². The van der Waals surface area contributed by atoms with Gasteiger partial charge in [0.1, 0.15) is 13.2 Å². The van der Waals surface area contributed by atoms with E-state index in [-0.39, 0.29) is 31.6 Å². The van der Waals surface area contributed by atoms with Gasteiger partial charge in [-0.2, -0.15) is 0 Å². The van der Waals surface area contributed by atoms with Crippen molar-refractivity contribution < 1.29 is 28.6 Å². The standard InChI is InChI=1S/C61H92O6/c1-4-7-10-13-15-17-19-21-23-25-27-28-29-30-31-32-34-35-37-39-41-43-45-48-51-54-60(63)66-57-58(56-65-59(62)53-50-47-12-9-6-3)67-61(64)55-52-49-46-44-42-40-38-36-33-26-24-22-20-18-16-14-11-8-5-2/h7-8,10-11,15-18,21-24,27-28,30-31,33-36,39-42,46,49,58H,4-6,9,12-14,19-20,25-26,29,32,37-38,43-45,47-48,50-57H2,1-3H3/b10-7-,11-8-,17-15-,18-16-,23-21-,24-22-,28-27-,31-30-,35-34-,36-33-,41-39-,42-40-,49-46-. The molecular weight excluding hydrogens is 829 g/mol. The van der Waals surface area contributed by atoms with E-state index >= 15 is 0 Å². The Kier molecular flexibility index (Phi) is 49.7. The van der Waals surface area contributed by atoms with E-state index < -0.39 is 12.1 Å². The molecule has 0 spiro atoms. The van der Waals surface area contributed by atoms with Crippen LogP contribution >= 0.6 is 0 Å². The first kappa shape index (κ1) is 62.0. The van der Waals surface area contributed by atoms with Crippen molar-refractivity contribution in [2.45, 2.75) is 194 Å². The number of hydrogen-bond acceptors (Lipinski definition) is 6. The lowest BCUT2D eigenvalue weighted by molar-refractivity contribution is -0.166. The topological polar surface area (TPSA) is 78.9 Å². The molecule has 0 aliphatic rings. The Hall–Kier alpha value is -4.97. The maximum absolute atomic E-state index is 12.7. The summed E-state index contributed by atoms with van der Waals surface area (Å²) in [6, 6.07) is 0. The van der Waals surface area contributed by atoms with E-state index in [9.17, 15) is 14.4 Å². The molecule has 67 heavy (non-hydrogen) atoms. The van der Waals surface area contributed by atoms with Gasteiger partial charge >= 0.3 is 17.9 Å². The number of esters is 3. The molecule has 0 rings (SSSR count). The number of carbonyl (C=O) groups excluding carboxylic acids is 3. The van der Waals surface area contributed by atoms with Crippen molar-refractivity contribution in [1.29, 1.82) is 0 Å². The Morgan fingerprint density at radius 1 is 0.313 bits per heavy atom. The van der Waals surface area contributed by atoms with Crippen LogP contribution in [0.3, 0.4) is 0 Å². The van der Waals surface area contributed by atoms with Crippen LogP contribution in [0.4, 0.5) is 0 Å². The Labute approximate surface area is 409 Å². The first-order chi connectivity index (χ1) is 33.0. The van der Waals surface area contributed by atoms with Crippen LogP contribution in [-0.4, -0.2) is 37.2 Å². The van der Waals surface area contributed by atoms with Crippen LogP contribution in [0.25, 0.3) is 0 Å². The van der Waals surface area contributed by atoms with Gasteiger partial charge in [-0.1, -0.05) is 211 Å². The van der Waals surface area contributed by atoms with Gasteiger partial charge in [0, 0.05) is 19.3 Å². The maximum Gasteiger partial charge on any atom is 0.306 e. The molecule has 1 unspecified atom stereocenters. The van der Waals surface area contributed by atoms with Gasteiger partial charge in [-0.25, -0.2) is 0 Å². The van der Waals surface area contributed by atoms with E-state index in [1.54, 1.807) is 0 Å². The molecule has 0 saturated heterocycles. The molecule has 1 atom stereocenters. The average molecular weight is 921 g/mol. The number of ether oxygens (including phenoxy) is 3. The Balaban J connectivity index is 4.37. The highest BCUT2D eigenvalue weighted by molar-refractivity contribution is 5.71. The largest absolute Gasteiger partial charge is 0.462 e. The predicted octanol–water partition coefficient (Wildman–Crippen LogP) is 17.4. The van der Waals surface area contributed by atoms with E-state index in [0.29, 0.717) is 19.3 Å². The van der Waals surface area contributed by atoms with Gasteiger partial charge in [0.2, 0.25) is 0 Å². The quantitative estimate of drug-likeness (QED) is 0.0262. The lowest BCUT2D eigenvalue weighted by atomic mass is 10.1. The van der Waals surface area contributed by atoms with Crippen LogP contribution in [0.5, 0.6) is 0 Å². The lowest BCUT2D eigenvalue weighted by Gasteiger charge is -2.18. The summed E-state index contributed by atoms with van der Waals surface area (Å²) < 4.78 is 16.6. The zero-order valence-electron chi connectivity index (χ0n) is 42.3. The van der Waals surface area contributed by atoms with Gasteiger partial charge in [0.15, 0.2) is 6.10 Å². The van der Waals surface area contributed by atoms with E-state index in [2.05, 4.69) is 167 Å². The van der Waals surface area contributed by atoms with Gasteiger partial charge in [-0.15, -0.1) is 0 Å². The molecule has 6 nitrogen and oxygen atoms in total. The van der Waals surface area contributed by atoms with Crippen LogP contribution < -0.4 is 0 Å². The minimum atomic E-state index is -0.836. The van der Waals surface area contributed by atoms with E-state index in [0.717, 1.165) is 141 Å². The van der Waals surface area contributed by atoms with Gasteiger partial charge in [0.25, 0.3) is 0 Å². The Morgan fingerprint density at radius 3 is 0.955 bits per heavy atom. The fourth-order valence-corrected chi connectivity index (χ4v) is 6.21. The molecule has 0 saturated carbocycles. The zero-order chi connectivity index (χ0) is 48.6. The van der Waals surface area contributed by atoms with Crippen molar-refractivity contribution in [2.24, 2.45) is 0 Å². The fraction of sp³-hybridized carbons (Fsp3) is 0.525. The summed E-state index contributed by atoms with van der Waals surface area (Å²) in [5.41, 5.74) is 0. The summed E-state index contributed by atoms with van der Waals surface area (Å²) in [5, 5.41) is 0. The van der Waals surface area contributed by atoms with Gasteiger partial charge < -0.3 is 14.2 Å². The molecule has 0 aromatic heterocycles. The molecule has 0 aromatic carbocycles. The molecular formula is C61H92O6. The number of rotatable bonds is 44. The van der Waals surface area contributed by atoms with Gasteiger partial charge in [-0.05, 0) is 116 Å². The van der Waals surface area contributed by atoms with Crippen LogP contribution in [0, 0.1) is 0 Å². The molecule has 0 bridgehead atoms. The van der Waals surface area contributed by atoms with Crippen LogP contribution in [0.1, 0.15) is 188 Å². The van der Waals surface area contributed by atoms with Crippen LogP contribution in [-0.2, 0) is 28.6 Å². The van der Waals surface area contributed by atoms with E-state index in [1.807, 2.05) is 12.2 Å². The Morgan fingerprint density at radius 2 is 0.612 bits per heavy atom. The lowest BCUT2D eigenvalue weighted by Crippen LogP contribution is -2.30. The number of carbonyl (C=O) groups is 3. The van der Waals surface area contributed by atoms with Gasteiger partial charge in [0.05, 0.1) is 0 Å². The maximum atomic E-state index is 12.7. The highest BCUT2D eigenvalue weighted by atomic mass is 16.6. The van der Waals surface area contributed by atoms with Crippen molar-refractivity contribution in [1.82, 2.24) is 0 Å². The summed E-state index contributed by atoms with van der Waals surface area (Å²) >= 11 is 0. The number of hydrogen-bond donors (Lipinski definition) is 0. The summed E-state index contributed by atoms with van der Waals surface area (Å²) in [6.07, 6.45) is 78.5. The molecule has 0 radical (unpaired) electrons. The second-order valence-corrected chi connectivity index (χ2v) is 16.3. The predicted molar refractivity (Wildman–Crippen MR) is 288 cm³/mol. The summed E-state index contributed by atoms with van der Waals surface area (Å²) in [7, 11) is 0. The second-order valence-electron chi connectivity index (χ2n) is 16.3.